The van der Waals surface area contributed by atoms with E-state index in [1.807, 2.05) is 25.1 Å². The van der Waals surface area contributed by atoms with Gasteiger partial charge >= 0.3 is 6.09 Å². The molecule has 1 amide bonds. The second-order valence-electron chi connectivity index (χ2n) is 3.70. The second-order valence-corrected chi connectivity index (χ2v) is 3.70. The molecule has 4 nitrogen and oxygen atoms in total. The van der Waals surface area contributed by atoms with Crippen molar-refractivity contribution in [1.29, 1.82) is 0 Å². The summed E-state index contributed by atoms with van der Waals surface area (Å²) in [6.07, 6.45) is -0.470. The summed E-state index contributed by atoms with van der Waals surface area (Å²) in [5, 5.41) is 21.1. The van der Waals surface area contributed by atoms with Crippen molar-refractivity contribution in [1.82, 2.24) is 5.32 Å². The Labute approximate surface area is 94.9 Å². The molecule has 0 heterocycles. The fourth-order valence-electron chi connectivity index (χ4n) is 1.66. The summed E-state index contributed by atoms with van der Waals surface area (Å²) in [4.78, 5) is 10.6. The second kappa shape index (κ2) is 6.12. The number of carbonyl (C=O) groups is 1. The number of aliphatic hydroxyl groups is 1. The average molecular weight is 223 g/mol. The standard InChI is InChI=1S/C12H17NO3/c1-2-6-10(13-12(15)16)11(14)9-7-4-3-5-8-9/h3-5,7-8,10-11,13-14H,2,6H2,1H3,(H,15,16)/t10-,11-/m0/s1. The molecule has 1 aromatic rings. The lowest BCUT2D eigenvalue weighted by Crippen LogP contribution is -2.38. The summed E-state index contributed by atoms with van der Waals surface area (Å²) in [6.45, 7) is 1.95. The van der Waals surface area contributed by atoms with Gasteiger partial charge in [0.05, 0.1) is 12.1 Å². The van der Waals surface area contributed by atoms with Crippen molar-refractivity contribution in [3.05, 3.63) is 35.9 Å². The van der Waals surface area contributed by atoms with Crippen LogP contribution in [-0.2, 0) is 0 Å². The summed E-state index contributed by atoms with van der Waals surface area (Å²) in [7, 11) is 0. The van der Waals surface area contributed by atoms with Gasteiger partial charge in [0.25, 0.3) is 0 Å². The van der Waals surface area contributed by atoms with Gasteiger partial charge in [0.2, 0.25) is 0 Å². The van der Waals surface area contributed by atoms with Crippen LogP contribution in [0, 0.1) is 0 Å². The van der Waals surface area contributed by atoms with Gasteiger partial charge in [-0.1, -0.05) is 43.7 Å². The molecular weight excluding hydrogens is 206 g/mol. The summed E-state index contributed by atoms with van der Waals surface area (Å²) < 4.78 is 0. The number of aliphatic hydroxyl groups excluding tert-OH is 1. The Kier molecular flexibility index (Phi) is 4.79. The van der Waals surface area contributed by atoms with Crippen LogP contribution in [0.3, 0.4) is 0 Å². The minimum Gasteiger partial charge on any atom is -0.465 e. The molecule has 0 aliphatic rings. The molecule has 1 rings (SSSR count). The number of amides is 1. The van der Waals surface area contributed by atoms with Crippen LogP contribution < -0.4 is 5.32 Å². The van der Waals surface area contributed by atoms with E-state index in [-0.39, 0.29) is 0 Å². The van der Waals surface area contributed by atoms with E-state index in [1.54, 1.807) is 12.1 Å². The van der Waals surface area contributed by atoms with Gasteiger partial charge in [0.15, 0.2) is 0 Å². The number of carboxylic acid groups (broad SMARTS) is 1. The quantitative estimate of drug-likeness (QED) is 0.716. The van der Waals surface area contributed by atoms with Crippen molar-refractivity contribution >= 4 is 6.09 Å². The van der Waals surface area contributed by atoms with E-state index in [2.05, 4.69) is 5.32 Å². The maximum Gasteiger partial charge on any atom is 0.404 e. The molecular formula is C12H17NO3. The third-order valence-electron chi connectivity index (χ3n) is 2.43. The largest absolute Gasteiger partial charge is 0.465 e. The van der Waals surface area contributed by atoms with E-state index in [0.717, 1.165) is 12.0 Å². The van der Waals surface area contributed by atoms with Gasteiger partial charge < -0.3 is 15.5 Å². The van der Waals surface area contributed by atoms with Gasteiger partial charge in [-0.05, 0) is 12.0 Å². The van der Waals surface area contributed by atoms with E-state index in [9.17, 15) is 9.90 Å². The molecule has 3 N–H and O–H groups in total. The van der Waals surface area contributed by atoms with Gasteiger partial charge in [-0.2, -0.15) is 0 Å². The molecule has 0 radical (unpaired) electrons. The highest BCUT2D eigenvalue weighted by atomic mass is 16.4. The molecule has 0 aliphatic heterocycles. The summed E-state index contributed by atoms with van der Waals surface area (Å²) in [6, 6.07) is 8.62. The van der Waals surface area contributed by atoms with E-state index in [4.69, 9.17) is 5.11 Å². The lowest BCUT2D eigenvalue weighted by atomic mass is 9.99. The van der Waals surface area contributed by atoms with E-state index < -0.39 is 18.2 Å². The minimum absolute atomic E-state index is 0.454. The molecule has 0 unspecified atom stereocenters. The number of hydrogen-bond donors (Lipinski definition) is 3. The van der Waals surface area contributed by atoms with Crippen LogP contribution >= 0.6 is 0 Å². The van der Waals surface area contributed by atoms with Crippen LogP contribution in [0.1, 0.15) is 31.4 Å². The third kappa shape index (κ3) is 3.55. The van der Waals surface area contributed by atoms with Crippen LogP contribution in [0.2, 0.25) is 0 Å². The smallest absolute Gasteiger partial charge is 0.404 e. The monoisotopic (exact) mass is 223 g/mol. The molecule has 0 fully saturated rings. The van der Waals surface area contributed by atoms with Crippen LogP contribution in [0.25, 0.3) is 0 Å². The van der Waals surface area contributed by atoms with Gasteiger partial charge in [-0.25, -0.2) is 4.79 Å². The molecule has 0 bridgehead atoms. The van der Waals surface area contributed by atoms with Gasteiger partial charge in [0.1, 0.15) is 0 Å². The van der Waals surface area contributed by atoms with E-state index in [0.29, 0.717) is 6.42 Å². The van der Waals surface area contributed by atoms with Crippen LogP contribution in [0.5, 0.6) is 0 Å². The normalized spacial score (nSPS) is 14.1. The highest BCUT2D eigenvalue weighted by Crippen LogP contribution is 2.19. The highest BCUT2D eigenvalue weighted by molar-refractivity contribution is 5.65. The first-order valence-electron chi connectivity index (χ1n) is 5.37. The SMILES string of the molecule is CCC[C@H](NC(=O)O)[C@@H](O)c1ccccc1. The van der Waals surface area contributed by atoms with Crippen molar-refractivity contribution in [2.75, 3.05) is 0 Å². The lowest BCUT2D eigenvalue weighted by molar-refractivity contribution is 0.116. The molecule has 88 valence electrons. The first-order chi connectivity index (χ1) is 7.65. The van der Waals surface area contributed by atoms with Crippen LogP contribution in [0.4, 0.5) is 4.79 Å². The summed E-state index contributed by atoms with van der Waals surface area (Å²) in [5.41, 5.74) is 0.731. The molecule has 0 spiro atoms. The predicted octanol–water partition coefficient (Wildman–Crippen LogP) is 2.16. The van der Waals surface area contributed by atoms with Gasteiger partial charge in [-0.15, -0.1) is 0 Å². The Morgan fingerprint density at radius 1 is 1.38 bits per heavy atom. The van der Waals surface area contributed by atoms with Crippen molar-refractivity contribution in [3.8, 4) is 0 Å². The minimum atomic E-state index is -1.10. The average Bonchev–Trinajstić information content (AvgIpc) is 2.28. The third-order valence-corrected chi connectivity index (χ3v) is 2.43. The zero-order valence-corrected chi connectivity index (χ0v) is 9.26. The van der Waals surface area contributed by atoms with Crippen molar-refractivity contribution in [2.45, 2.75) is 31.9 Å². The fraction of sp³-hybridized carbons (Fsp3) is 0.417. The molecule has 2 atom stereocenters. The molecule has 0 saturated heterocycles. The highest BCUT2D eigenvalue weighted by Gasteiger charge is 2.21. The number of rotatable bonds is 5. The van der Waals surface area contributed by atoms with Gasteiger partial charge in [0, 0.05) is 0 Å². The Bertz CT molecular complexity index is 326. The van der Waals surface area contributed by atoms with Crippen molar-refractivity contribution in [3.63, 3.8) is 0 Å². The molecule has 0 saturated carbocycles. The lowest BCUT2D eigenvalue weighted by Gasteiger charge is -2.22. The zero-order chi connectivity index (χ0) is 12.0. The number of hydrogen-bond acceptors (Lipinski definition) is 2. The fourth-order valence-corrected chi connectivity index (χ4v) is 1.66. The van der Waals surface area contributed by atoms with Gasteiger partial charge in [-0.3, -0.25) is 0 Å². The Morgan fingerprint density at radius 2 is 2.00 bits per heavy atom. The maximum absolute atomic E-state index is 10.6. The topological polar surface area (TPSA) is 69.6 Å². The molecule has 4 heteroatoms. The first-order valence-corrected chi connectivity index (χ1v) is 5.37. The van der Waals surface area contributed by atoms with Crippen molar-refractivity contribution in [2.24, 2.45) is 0 Å². The Balaban J connectivity index is 2.74. The van der Waals surface area contributed by atoms with Crippen LogP contribution in [-0.4, -0.2) is 22.3 Å². The Morgan fingerprint density at radius 3 is 2.50 bits per heavy atom. The molecule has 0 aliphatic carbocycles. The Hall–Kier alpha value is -1.55. The molecule has 16 heavy (non-hydrogen) atoms. The first kappa shape index (κ1) is 12.5. The van der Waals surface area contributed by atoms with Crippen molar-refractivity contribution < 1.29 is 15.0 Å². The number of nitrogens with one attached hydrogen (secondary N) is 1. The molecule has 1 aromatic carbocycles. The van der Waals surface area contributed by atoms with E-state index >= 15 is 0 Å². The van der Waals surface area contributed by atoms with Crippen LogP contribution in [0.15, 0.2) is 30.3 Å². The predicted molar refractivity (Wildman–Crippen MR) is 61.3 cm³/mol. The molecule has 0 aromatic heterocycles. The zero-order valence-electron chi connectivity index (χ0n) is 9.26. The number of benzene rings is 1. The summed E-state index contributed by atoms with van der Waals surface area (Å²) >= 11 is 0. The summed E-state index contributed by atoms with van der Waals surface area (Å²) in [5.74, 6) is 0. The van der Waals surface area contributed by atoms with E-state index in [1.165, 1.54) is 0 Å². The maximum atomic E-state index is 10.6.